The third-order valence-corrected chi connectivity index (χ3v) is 4.55. The Morgan fingerprint density at radius 1 is 1.24 bits per heavy atom. The van der Waals surface area contributed by atoms with Gasteiger partial charge in [-0.2, -0.15) is 11.3 Å². The summed E-state index contributed by atoms with van der Waals surface area (Å²) in [4.78, 5) is 0. The zero-order valence-corrected chi connectivity index (χ0v) is 14.5. The van der Waals surface area contributed by atoms with Crippen molar-refractivity contribution in [3.05, 3.63) is 50.7 Å². The van der Waals surface area contributed by atoms with Crippen molar-refractivity contribution >= 4 is 22.9 Å². The molecule has 2 atom stereocenters. The Bertz CT molecular complexity index is 593. The summed E-state index contributed by atoms with van der Waals surface area (Å²) in [6.07, 6.45) is -0.142. The molecule has 2 rings (SSSR count). The fourth-order valence-electron chi connectivity index (χ4n) is 2.29. The van der Waals surface area contributed by atoms with Crippen molar-refractivity contribution in [1.82, 2.24) is 0 Å². The lowest BCUT2D eigenvalue weighted by Gasteiger charge is -2.24. The summed E-state index contributed by atoms with van der Waals surface area (Å²) in [6.45, 7) is 8.23. The van der Waals surface area contributed by atoms with E-state index in [2.05, 4.69) is 25.3 Å². The minimum Gasteiger partial charge on any atom is -0.484 e. The van der Waals surface area contributed by atoms with Gasteiger partial charge in [0.05, 0.1) is 0 Å². The van der Waals surface area contributed by atoms with Gasteiger partial charge in [-0.15, -0.1) is 0 Å². The largest absolute Gasteiger partial charge is 0.484 e. The smallest absolute Gasteiger partial charge is 0.139 e. The van der Waals surface area contributed by atoms with E-state index < -0.39 is 0 Å². The van der Waals surface area contributed by atoms with E-state index in [1.807, 2.05) is 31.4 Å². The highest BCUT2D eigenvalue weighted by Crippen LogP contribution is 2.34. The maximum atomic E-state index is 6.32. The molecule has 0 aliphatic heterocycles. The SMILES string of the molecule is Cc1cc(Cl)c(C(C)C)cc1OC(c1ccsc1)C(C)N. The van der Waals surface area contributed by atoms with Gasteiger partial charge in [0.15, 0.2) is 0 Å². The summed E-state index contributed by atoms with van der Waals surface area (Å²) < 4.78 is 6.22. The molecule has 2 N–H and O–H groups in total. The van der Waals surface area contributed by atoms with E-state index in [0.29, 0.717) is 5.92 Å². The molecule has 0 aliphatic carbocycles. The van der Waals surface area contributed by atoms with E-state index in [1.165, 1.54) is 0 Å². The zero-order chi connectivity index (χ0) is 15.6. The van der Waals surface area contributed by atoms with Crippen LogP contribution in [0.25, 0.3) is 0 Å². The number of hydrogen-bond acceptors (Lipinski definition) is 3. The first kappa shape index (κ1) is 16.3. The Labute approximate surface area is 135 Å². The van der Waals surface area contributed by atoms with Crippen LogP contribution in [0.3, 0.4) is 0 Å². The summed E-state index contributed by atoms with van der Waals surface area (Å²) in [5.74, 6) is 1.21. The molecule has 1 heterocycles. The topological polar surface area (TPSA) is 35.2 Å². The van der Waals surface area contributed by atoms with Crippen molar-refractivity contribution in [3.63, 3.8) is 0 Å². The first-order valence-corrected chi connectivity index (χ1v) is 8.46. The van der Waals surface area contributed by atoms with Crippen LogP contribution in [0.15, 0.2) is 29.0 Å². The Kier molecular flexibility index (Phi) is 5.31. The lowest BCUT2D eigenvalue weighted by atomic mass is 10.0. The molecule has 1 aromatic heterocycles. The van der Waals surface area contributed by atoms with E-state index in [9.17, 15) is 0 Å². The fourth-order valence-corrected chi connectivity index (χ4v) is 3.41. The molecule has 0 fully saturated rings. The van der Waals surface area contributed by atoms with Gasteiger partial charge in [0.1, 0.15) is 11.9 Å². The second kappa shape index (κ2) is 6.82. The monoisotopic (exact) mass is 323 g/mol. The van der Waals surface area contributed by atoms with Crippen LogP contribution in [0.2, 0.25) is 5.02 Å². The average Bonchev–Trinajstić information content (AvgIpc) is 2.90. The normalized spacial score (nSPS) is 14.2. The number of nitrogens with two attached hydrogens (primary N) is 1. The van der Waals surface area contributed by atoms with Crippen LogP contribution < -0.4 is 10.5 Å². The Hall–Kier alpha value is -1.03. The number of benzene rings is 1. The van der Waals surface area contributed by atoms with Crippen LogP contribution in [-0.4, -0.2) is 6.04 Å². The first-order chi connectivity index (χ1) is 9.90. The third-order valence-electron chi connectivity index (χ3n) is 3.52. The molecule has 0 saturated carbocycles. The van der Waals surface area contributed by atoms with Crippen molar-refractivity contribution in [1.29, 1.82) is 0 Å². The number of halogens is 1. The van der Waals surface area contributed by atoms with Crippen LogP contribution in [-0.2, 0) is 0 Å². The molecule has 0 bridgehead atoms. The van der Waals surface area contributed by atoms with Gasteiger partial charge >= 0.3 is 0 Å². The molecule has 2 unspecified atom stereocenters. The quantitative estimate of drug-likeness (QED) is 0.810. The van der Waals surface area contributed by atoms with Gasteiger partial charge in [-0.05, 0) is 59.9 Å². The zero-order valence-electron chi connectivity index (χ0n) is 12.9. The molecule has 0 aliphatic rings. The molecular formula is C17H22ClNOS. The van der Waals surface area contributed by atoms with E-state index >= 15 is 0 Å². The number of ether oxygens (including phenoxy) is 1. The highest BCUT2D eigenvalue weighted by Gasteiger charge is 2.20. The number of thiophene rings is 1. The van der Waals surface area contributed by atoms with Gasteiger partial charge in [-0.3, -0.25) is 0 Å². The summed E-state index contributed by atoms with van der Waals surface area (Å²) in [5, 5.41) is 4.92. The number of aryl methyl sites for hydroxylation is 1. The van der Waals surface area contributed by atoms with Gasteiger partial charge < -0.3 is 10.5 Å². The van der Waals surface area contributed by atoms with Crippen molar-refractivity contribution in [2.75, 3.05) is 0 Å². The van der Waals surface area contributed by atoms with Crippen LogP contribution in [0.4, 0.5) is 0 Å². The minimum atomic E-state index is -0.142. The first-order valence-electron chi connectivity index (χ1n) is 7.14. The van der Waals surface area contributed by atoms with Crippen molar-refractivity contribution in [2.45, 2.75) is 45.8 Å². The van der Waals surface area contributed by atoms with Crippen LogP contribution in [0.5, 0.6) is 5.75 Å². The molecule has 0 saturated heterocycles. The van der Waals surface area contributed by atoms with Gasteiger partial charge in [-0.25, -0.2) is 0 Å². The van der Waals surface area contributed by atoms with E-state index in [1.54, 1.807) is 11.3 Å². The standard InChI is InChI=1S/C17H22ClNOS/c1-10(2)14-8-16(11(3)7-15(14)18)20-17(12(4)19)13-5-6-21-9-13/h5-10,12,17H,19H2,1-4H3. The highest BCUT2D eigenvalue weighted by atomic mass is 35.5. The predicted octanol–water partition coefficient (Wildman–Crippen LogP) is 5.30. The molecule has 0 amide bonds. The van der Waals surface area contributed by atoms with E-state index in [4.69, 9.17) is 22.1 Å². The third kappa shape index (κ3) is 3.79. The maximum Gasteiger partial charge on any atom is 0.139 e. The van der Waals surface area contributed by atoms with Crippen molar-refractivity contribution in [2.24, 2.45) is 5.73 Å². The molecule has 0 radical (unpaired) electrons. The van der Waals surface area contributed by atoms with Gasteiger partial charge in [0.2, 0.25) is 0 Å². The lowest BCUT2D eigenvalue weighted by Crippen LogP contribution is -2.28. The lowest BCUT2D eigenvalue weighted by molar-refractivity contribution is 0.179. The maximum absolute atomic E-state index is 6.32. The molecule has 1 aromatic carbocycles. The van der Waals surface area contributed by atoms with E-state index in [0.717, 1.165) is 27.5 Å². The summed E-state index contributed by atoms with van der Waals surface area (Å²) in [5.41, 5.74) is 9.36. The number of hydrogen-bond donors (Lipinski definition) is 1. The molecule has 114 valence electrons. The van der Waals surface area contributed by atoms with Crippen LogP contribution in [0, 0.1) is 6.92 Å². The Balaban J connectivity index is 2.35. The second-order valence-corrected chi connectivity index (χ2v) is 6.94. The van der Waals surface area contributed by atoms with Gasteiger partial charge in [0, 0.05) is 16.6 Å². The summed E-state index contributed by atoms with van der Waals surface area (Å²) in [6, 6.07) is 5.99. The van der Waals surface area contributed by atoms with Gasteiger partial charge in [0.25, 0.3) is 0 Å². The Morgan fingerprint density at radius 2 is 1.95 bits per heavy atom. The molecule has 0 spiro atoms. The van der Waals surface area contributed by atoms with Crippen molar-refractivity contribution in [3.8, 4) is 5.75 Å². The molecule has 4 heteroatoms. The molecule has 2 nitrogen and oxygen atoms in total. The van der Waals surface area contributed by atoms with Gasteiger partial charge in [-0.1, -0.05) is 25.4 Å². The average molecular weight is 324 g/mol. The molecular weight excluding hydrogens is 302 g/mol. The molecule has 2 aromatic rings. The summed E-state index contributed by atoms with van der Waals surface area (Å²) in [7, 11) is 0. The second-order valence-electron chi connectivity index (χ2n) is 5.75. The van der Waals surface area contributed by atoms with Crippen LogP contribution >= 0.6 is 22.9 Å². The predicted molar refractivity (Wildman–Crippen MR) is 91.6 cm³/mol. The Morgan fingerprint density at radius 3 is 2.48 bits per heavy atom. The summed E-state index contributed by atoms with van der Waals surface area (Å²) >= 11 is 7.97. The highest BCUT2D eigenvalue weighted by molar-refractivity contribution is 7.07. The van der Waals surface area contributed by atoms with Crippen LogP contribution in [0.1, 0.15) is 49.5 Å². The number of rotatable bonds is 5. The van der Waals surface area contributed by atoms with Crippen molar-refractivity contribution < 1.29 is 4.74 Å². The minimum absolute atomic E-state index is 0.0859. The molecule has 21 heavy (non-hydrogen) atoms. The fraction of sp³-hybridized carbons (Fsp3) is 0.412. The van der Waals surface area contributed by atoms with E-state index in [-0.39, 0.29) is 12.1 Å².